The summed E-state index contributed by atoms with van der Waals surface area (Å²) in [5.41, 5.74) is 1.36. The summed E-state index contributed by atoms with van der Waals surface area (Å²) in [5, 5.41) is 9.88. The van der Waals surface area contributed by atoms with Crippen LogP contribution in [0.5, 0.6) is 11.5 Å². The lowest BCUT2D eigenvalue weighted by Crippen LogP contribution is -2.42. The van der Waals surface area contributed by atoms with Crippen LogP contribution in [-0.2, 0) is 4.79 Å². The lowest BCUT2D eigenvalue weighted by molar-refractivity contribution is -0.140. The molecule has 1 aromatic heterocycles. The van der Waals surface area contributed by atoms with E-state index in [1.54, 1.807) is 37.6 Å². The van der Waals surface area contributed by atoms with Gasteiger partial charge in [-0.1, -0.05) is 6.07 Å². The molecular weight excluding hydrogens is 324 g/mol. The number of aliphatic carboxylic acids is 1. The van der Waals surface area contributed by atoms with Crippen molar-refractivity contribution in [3.8, 4) is 11.5 Å². The molecule has 1 aromatic carbocycles. The fourth-order valence-electron chi connectivity index (χ4n) is 3.28. The minimum absolute atomic E-state index is 0.276. The van der Waals surface area contributed by atoms with Crippen LogP contribution in [0.1, 0.15) is 33.4 Å². The Hall–Kier alpha value is -3.09. The molecule has 3 rings (SSSR count). The standard InChI is InChI=1S/C18H18N2O5/c1-20-16(10-5-4-6-19-9-10)15(18(22)23)11-7-13(24-2)14(25-3)8-12(11)17(20)21/h4-9,15-16H,1-3H3,(H,22,23)/t15-,16+/m0/s1. The first-order chi connectivity index (χ1) is 12.0. The van der Waals surface area contributed by atoms with Crippen LogP contribution in [0.3, 0.4) is 0 Å². The van der Waals surface area contributed by atoms with E-state index in [2.05, 4.69) is 4.98 Å². The average Bonchev–Trinajstić information content (AvgIpc) is 2.63. The number of likely N-dealkylation sites (N-methyl/N-ethyl adjacent to an activating group) is 1. The Balaban J connectivity index is 2.24. The number of carboxylic acids is 1. The van der Waals surface area contributed by atoms with Crippen molar-refractivity contribution in [2.24, 2.45) is 0 Å². The van der Waals surface area contributed by atoms with Crippen molar-refractivity contribution >= 4 is 11.9 Å². The molecule has 2 atom stereocenters. The maximum Gasteiger partial charge on any atom is 0.313 e. The van der Waals surface area contributed by atoms with Gasteiger partial charge in [-0.2, -0.15) is 0 Å². The van der Waals surface area contributed by atoms with E-state index in [0.29, 0.717) is 28.2 Å². The number of hydrogen-bond acceptors (Lipinski definition) is 5. The second kappa shape index (κ2) is 6.43. The van der Waals surface area contributed by atoms with Gasteiger partial charge in [-0.15, -0.1) is 0 Å². The number of fused-ring (bicyclic) bond motifs is 1. The highest BCUT2D eigenvalue weighted by atomic mass is 16.5. The van der Waals surface area contributed by atoms with Gasteiger partial charge in [-0.05, 0) is 29.3 Å². The average molecular weight is 342 g/mol. The van der Waals surface area contributed by atoms with Crippen LogP contribution in [0.4, 0.5) is 0 Å². The third kappa shape index (κ3) is 2.67. The second-order valence-corrected chi connectivity index (χ2v) is 5.76. The van der Waals surface area contributed by atoms with Crippen molar-refractivity contribution in [1.29, 1.82) is 0 Å². The molecule has 0 radical (unpaired) electrons. The van der Waals surface area contributed by atoms with Gasteiger partial charge < -0.3 is 19.5 Å². The number of methoxy groups -OCH3 is 2. The Labute approximate surface area is 144 Å². The molecule has 0 saturated heterocycles. The molecule has 0 spiro atoms. The van der Waals surface area contributed by atoms with Gasteiger partial charge in [-0.25, -0.2) is 0 Å². The van der Waals surface area contributed by atoms with Crippen molar-refractivity contribution in [1.82, 2.24) is 9.88 Å². The smallest absolute Gasteiger partial charge is 0.313 e. The minimum Gasteiger partial charge on any atom is -0.493 e. The van der Waals surface area contributed by atoms with Crippen LogP contribution in [0.2, 0.25) is 0 Å². The van der Waals surface area contributed by atoms with E-state index < -0.39 is 17.9 Å². The molecule has 1 aliphatic rings. The Kier molecular flexibility index (Phi) is 4.31. The number of rotatable bonds is 4. The number of benzene rings is 1. The summed E-state index contributed by atoms with van der Waals surface area (Å²) < 4.78 is 10.5. The minimum atomic E-state index is -1.03. The molecular formula is C18H18N2O5. The molecule has 0 unspecified atom stereocenters. The molecule has 25 heavy (non-hydrogen) atoms. The lowest BCUT2D eigenvalue weighted by atomic mass is 9.80. The topological polar surface area (TPSA) is 89.0 Å². The molecule has 0 aliphatic carbocycles. The lowest BCUT2D eigenvalue weighted by Gasteiger charge is -2.38. The third-order valence-electron chi connectivity index (χ3n) is 4.47. The Morgan fingerprint density at radius 2 is 1.92 bits per heavy atom. The van der Waals surface area contributed by atoms with Crippen molar-refractivity contribution < 1.29 is 24.2 Å². The molecule has 1 aliphatic heterocycles. The first-order valence-electron chi connectivity index (χ1n) is 7.65. The number of ether oxygens (including phenoxy) is 2. The Morgan fingerprint density at radius 3 is 2.48 bits per heavy atom. The highest BCUT2D eigenvalue weighted by molar-refractivity contribution is 6.01. The second-order valence-electron chi connectivity index (χ2n) is 5.76. The Morgan fingerprint density at radius 1 is 1.24 bits per heavy atom. The van der Waals surface area contributed by atoms with E-state index in [1.165, 1.54) is 25.2 Å². The fraction of sp³-hybridized carbons (Fsp3) is 0.278. The fourth-order valence-corrected chi connectivity index (χ4v) is 3.28. The number of carbonyl (C=O) groups excluding carboxylic acids is 1. The monoisotopic (exact) mass is 342 g/mol. The quantitative estimate of drug-likeness (QED) is 0.915. The molecule has 0 saturated carbocycles. The number of aromatic nitrogens is 1. The zero-order valence-corrected chi connectivity index (χ0v) is 14.1. The van der Waals surface area contributed by atoms with E-state index in [1.807, 2.05) is 0 Å². The molecule has 0 fully saturated rings. The van der Waals surface area contributed by atoms with Crippen molar-refractivity contribution in [3.05, 3.63) is 53.3 Å². The molecule has 1 amide bonds. The maximum absolute atomic E-state index is 12.9. The summed E-state index contributed by atoms with van der Waals surface area (Å²) in [6.07, 6.45) is 3.18. The van der Waals surface area contributed by atoms with E-state index in [0.717, 1.165) is 0 Å². The number of carboxylic acid groups (broad SMARTS) is 1. The predicted octanol–water partition coefficient (Wildman–Crippen LogP) is 2.09. The number of carbonyl (C=O) groups is 2. The van der Waals surface area contributed by atoms with Crippen LogP contribution in [0.15, 0.2) is 36.7 Å². The molecule has 130 valence electrons. The van der Waals surface area contributed by atoms with Crippen LogP contribution >= 0.6 is 0 Å². The molecule has 2 heterocycles. The van der Waals surface area contributed by atoms with E-state index >= 15 is 0 Å². The SMILES string of the molecule is COc1cc2c(cc1OC)[C@H](C(=O)O)[C@@H](c1cccnc1)N(C)C2=O. The first-order valence-corrected chi connectivity index (χ1v) is 7.65. The maximum atomic E-state index is 12.9. The Bertz CT molecular complexity index is 822. The number of nitrogens with zero attached hydrogens (tertiary/aromatic N) is 2. The molecule has 1 N–H and O–H groups in total. The first kappa shape index (κ1) is 16.8. The van der Waals surface area contributed by atoms with Gasteiger partial charge in [-0.3, -0.25) is 14.6 Å². The van der Waals surface area contributed by atoms with Crippen LogP contribution in [-0.4, -0.2) is 48.1 Å². The van der Waals surface area contributed by atoms with Crippen molar-refractivity contribution in [3.63, 3.8) is 0 Å². The van der Waals surface area contributed by atoms with E-state index in [-0.39, 0.29) is 5.91 Å². The number of hydrogen-bond donors (Lipinski definition) is 1. The van der Waals surface area contributed by atoms with Gasteiger partial charge >= 0.3 is 5.97 Å². The van der Waals surface area contributed by atoms with Crippen LogP contribution in [0, 0.1) is 0 Å². The van der Waals surface area contributed by atoms with Gasteiger partial charge in [0.15, 0.2) is 11.5 Å². The summed E-state index contributed by atoms with van der Waals surface area (Å²) in [6, 6.07) is 5.92. The van der Waals surface area contributed by atoms with Gasteiger partial charge in [0.2, 0.25) is 0 Å². The summed E-state index contributed by atoms with van der Waals surface area (Å²) in [6.45, 7) is 0. The molecule has 7 heteroatoms. The van der Waals surface area contributed by atoms with Crippen LogP contribution in [0.25, 0.3) is 0 Å². The summed E-state index contributed by atoms with van der Waals surface area (Å²) in [7, 11) is 4.53. The zero-order chi connectivity index (χ0) is 18.1. The molecule has 2 aromatic rings. The number of pyridine rings is 1. The molecule has 0 bridgehead atoms. The summed E-state index contributed by atoms with van der Waals surface area (Å²) in [5.74, 6) is -1.48. The van der Waals surface area contributed by atoms with Gasteiger partial charge in [0, 0.05) is 25.0 Å². The summed E-state index contributed by atoms with van der Waals surface area (Å²) >= 11 is 0. The third-order valence-corrected chi connectivity index (χ3v) is 4.47. The number of amides is 1. The predicted molar refractivity (Wildman–Crippen MR) is 89.0 cm³/mol. The summed E-state index contributed by atoms with van der Waals surface area (Å²) in [4.78, 5) is 30.4. The van der Waals surface area contributed by atoms with E-state index in [4.69, 9.17) is 9.47 Å². The van der Waals surface area contributed by atoms with Gasteiger partial charge in [0.05, 0.1) is 20.3 Å². The van der Waals surface area contributed by atoms with Crippen molar-refractivity contribution in [2.45, 2.75) is 12.0 Å². The van der Waals surface area contributed by atoms with E-state index in [9.17, 15) is 14.7 Å². The van der Waals surface area contributed by atoms with Gasteiger partial charge in [0.1, 0.15) is 5.92 Å². The highest BCUT2D eigenvalue weighted by Gasteiger charge is 2.43. The highest BCUT2D eigenvalue weighted by Crippen LogP contribution is 2.45. The van der Waals surface area contributed by atoms with Crippen LogP contribution < -0.4 is 9.47 Å². The molecule has 7 nitrogen and oxygen atoms in total. The van der Waals surface area contributed by atoms with Gasteiger partial charge in [0.25, 0.3) is 5.91 Å². The zero-order valence-electron chi connectivity index (χ0n) is 14.1. The van der Waals surface area contributed by atoms with Crippen molar-refractivity contribution in [2.75, 3.05) is 21.3 Å². The largest absolute Gasteiger partial charge is 0.493 e. The normalized spacial score (nSPS) is 19.3.